The number of anilines is 1. The van der Waals surface area contributed by atoms with E-state index >= 15 is 0 Å². The van der Waals surface area contributed by atoms with Crippen LogP contribution in [-0.2, 0) is 6.42 Å². The Hall–Kier alpha value is -3.06. The van der Waals surface area contributed by atoms with Crippen molar-refractivity contribution in [3.8, 4) is 16.9 Å². The summed E-state index contributed by atoms with van der Waals surface area (Å²) in [6, 6.07) is 8.29. The van der Waals surface area contributed by atoms with Crippen molar-refractivity contribution in [3.63, 3.8) is 0 Å². The van der Waals surface area contributed by atoms with Crippen LogP contribution in [0.3, 0.4) is 0 Å². The molecule has 29 heavy (non-hydrogen) atoms. The molecule has 2 heterocycles. The van der Waals surface area contributed by atoms with Gasteiger partial charge in [-0.05, 0) is 56.3 Å². The molecule has 1 aliphatic rings. The fourth-order valence-corrected chi connectivity index (χ4v) is 3.86. The van der Waals surface area contributed by atoms with Gasteiger partial charge in [0.2, 0.25) is 0 Å². The summed E-state index contributed by atoms with van der Waals surface area (Å²) in [4.78, 5) is 24.2. The van der Waals surface area contributed by atoms with Crippen LogP contribution < -0.4 is 15.4 Å². The first kappa shape index (κ1) is 19.3. The van der Waals surface area contributed by atoms with Gasteiger partial charge in [-0.15, -0.1) is 0 Å². The maximum Gasteiger partial charge on any atom is 0.253 e. The zero-order valence-electron chi connectivity index (χ0n) is 17.2. The van der Waals surface area contributed by atoms with Crippen molar-refractivity contribution >= 4 is 22.6 Å². The van der Waals surface area contributed by atoms with E-state index in [4.69, 9.17) is 10.5 Å². The second kappa shape index (κ2) is 7.75. The highest BCUT2D eigenvalue weighted by Crippen LogP contribution is 2.37. The first-order chi connectivity index (χ1) is 14.0. The fraction of sp³-hybridized carbons (Fsp3) is 0.364. The molecule has 1 aliphatic heterocycles. The van der Waals surface area contributed by atoms with Gasteiger partial charge in [-0.1, -0.05) is 6.07 Å². The van der Waals surface area contributed by atoms with Gasteiger partial charge >= 0.3 is 0 Å². The number of aromatic nitrogens is 2. The van der Waals surface area contributed by atoms with Crippen LogP contribution in [0.1, 0.15) is 22.3 Å². The van der Waals surface area contributed by atoms with Crippen molar-refractivity contribution in [3.05, 3.63) is 41.7 Å². The molecule has 0 bridgehead atoms. The second-order valence-corrected chi connectivity index (χ2v) is 7.81. The van der Waals surface area contributed by atoms with Crippen molar-refractivity contribution < 1.29 is 9.53 Å². The number of nitrogens with one attached hydrogen (secondary N) is 1. The average molecular weight is 393 g/mol. The van der Waals surface area contributed by atoms with Gasteiger partial charge in [-0.2, -0.15) is 0 Å². The van der Waals surface area contributed by atoms with E-state index < -0.39 is 5.91 Å². The number of carbonyl (C=O) groups excluding carboxylic acids is 1. The normalized spacial score (nSPS) is 13.4. The lowest BCUT2D eigenvalue weighted by Gasteiger charge is -2.25. The molecule has 0 radical (unpaired) electrons. The molecule has 7 heteroatoms. The van der Waals surface area contributed by atoms with Gasteiger partial charge in [0.05, 0.1) is 35.2 Å². The van der Waals surface area contributed by atoms with Crippen LogP contribution in [0.25, 0.3) is 22.2 Å². The lowest BCUT2D eigenvalue weighted by atomic mass is 9.95. The van der Waals surface area contributed by atoms with Crippen molar-refractivity contribution in [1.82, 2.24) is 14.9 Å². The maximum absolute atomic E-state index is 12.3. The van der Waals surface area contributed by atoms with Crippen LogP contribution in [0.15, 0.2) is 30.6 Å². The largest absolute Gasteiger partial charge is 0.493 e. The number of carbonyl (C=O) groups is 1. The van der Waals surface area contributed by atoms with E-state index in [9.17, 15) is 4.79 Å². The van der Waals surface area contributed by atoms with E-state index in [1.165, 1.54) is 5.56 Å². The Morgan fingerprint density at radius 3 is 2.83 bits per heavy atom. The molecule has 7 nitrogen and oxygen atoms in total. The zero-order chi connectivity index (χ0) is 20.5. The van der Waals surface area contributed by atoms with Gasteiger partial charge in [-0.3, -0.25) is 4.79 Å². The summed E-state index contributed by atoms with van der Waals surface area (Å²) in [5.41, 5.74) is 11.7. The van der Waals surface area contributed by atoms with Crippen molar-refractivity contribution in [2.45, 2.75) is 12.8 Å². The minimum absolute atomic E-state index is 0.462. The molecule has 152 valence electrons. The lowest BCUT2D eigenvalue weighted by molar-refractivity contribution is 0.100. The number of fused-ring (bicyclic) bond motifs is 2. The van der Waals surface area contributed by atoms with Gasteiger partial charge in [0.25, 0.3) is 5.91 Å². The van der Waals surface area contributed by atoms with Crippen LogP contribution in [0.5, 0.6) is 5.75 Å². The number of rotatable bonds is 6. The Balaban J connectivity index is 1.87. The molecule has 3 N–H and O–H groups in total. The highest BCUT2D eigenvalue weighted by molar-refractivity contribution is 6.12. The summed E-state index contributed by atoms with van der Waals surface area (Å²) in [5, 5.41) is 0. The summed E-state index contributed by atoms with van der Waals surface area (Å²) in [6.45, 7) is 2.40. The molecule has 3 aromatic rings. The molecule has 4 rings (SSSR count). The Kier molecular flexibility index (Phi) is 5.15. The number of imidazole rings is 1. The molecule has 1 aromatic heterocycles. The Morgan fingerprint density at radius 2 is 2.07 bits per heavy atom. The smallest absolute Gasteiger partial charge is 0.253 e. The molecule has 0 fully saturated rings. The van der Waals surface area contributed by atoms with E-state index in [0.29, 0.717) is 11.1 Å². The van der Waals surface area contributed by atoms with Gasteiger partial charge in [0.15, 0.2) is 0 Å². The van der Waals surface area contributed by atoms with Gasteiger partial charge in [0, 0.05) is 25.7 Å². The highest BCUT2D eigenvalue weighted by atomic mass is 16.5. The topological polar surface area (TPSA) is 87.5 Å². The van der Waals surface area contributed by atoms with E-state index in [1.54, 1.807) is 6.33 Å². The minimum atomic E-state index is -0.462. The molecule has 0 saturated carbocycles. The summed E-state index contributed by atoms with van der Waals surface area (Å²) in [5.74, 6) is 0.492. The predicted octanol–water partition coefficient (Wildman–Crippen LogP) is 2.65. The van der Waals surface area contributed by atoms with E-state index in [2.05, 4.69) is 31.9 Å². The maximum atomic E-state index is 12.3. The third kappa shape index (κ3) is 3.65. The first-order valence-corrected chi connectivity index (χ1v) is 9.87. The van der Waals surface area contributed by atoms with Crippen LogP contribution in [-0.4, -0.2) is 61.6 Å². The first-order valence-electron chi connectivity index (χ1n) is 9.87. The molecule has 2 aromatic carbocycles. The summed E-state index contributed by atoms with van der Waals surface area (Å²) in [6.07, 6.45) is 3.64. The van der Waals surface area contributed by atoms with E-state index in [1.807, 2.05) is 33.3 Å². The average Bonchev–Trinajstić information content (AvgIpc) is 3.19. The van der Waals surface area contributed by atoms with Gasteiger partial charge < -0.3 is 25.3 Å². The molecule has 0 spiro atoms. The summed E-state index contributed by atoms with van der Waals surface area (Å²) >= 11 is 0. The van der Waals surface area contributed by atoms with E-state index in [-0.39, 0.29) is 0 Å². The van der Waals surface area contributed by atoms with Gasteiger partial charge in [-0.25, -0.2) is 4.98 Å². The SMILES string of the molecule is CN(C)CCN(C)c1cc(-c2ccc3c(c2)CCCO3)c2nc[nH]c2c1C(N)=O. The summed E-state index contributed by atoms with van der Waals surface area (Å²) in [7, 11) is 6.04. The number of hydrogen-bond donors (Lipinski definition) is 2. The Bertz CT molecular complexity index is 1060. The molecule has 0 aliphatic carbocycles. The molecule has 0 saturated heterocycles. The molecular weight excluding hydrogens is 366 g/mol. The third-order valence-electron chi connectivity index (χ3n) is 5.44. The summed E-state index contributed by atoms with van der Waals surface area (Å²) < 4.78 is 5.76. The number of nitrogens with zero attached hydrogens (tertiary/aromatic N) is 3. The predicted molar refractivity (Wildman–Crippen MR) is 116 cm³/mol. The quantitative estimate of drug-likeness (QED) is 0.672. The highest BCUT2D eigenvalue weighted by Gasteiger charge is 2.22. The van der Waals surface area contributed by atoms with Crippen molar-refractivity contribution in [2.24, 2.45) is 5.73 Å². The van der Waals surface area contributed by atoms with Crippen LogP contribution in [0, 0.1) is 0 Å². The van der Waals surface area contributed by atoms with E-state index in [0.717, 1.165) is 60.6 Å². The number of ether oxygens (including phenoxy) is 1. The van der Waals surface area contributed by atoms with Crippen molar-refractivity contribution in [1.29, 1.82) is 0 Å². The lowest BCUT2D eigenvalue weighted by Crippen LogP contribution is -2.30. The third-order valence-corrected chi connectivity index (χ3v) is 5.44. The zero-order valence-corrected chi connectivity index (χ0v) is 17.2. The Labute approximate surface area is 170 Å². The molecular formula is C22H27N5O2. The number of nitrogens with two attached hydrogens (primary N) is 1. The monoisotopic (exact) mass is 393 g/mol. The number of hydrogen-bond acceptors (Lipinski definition) is 5. The molecule has 1 amide bonds. The number of amides is 1. The number of aromatic amines is 1. The molecule has 0 unspecified atom stereocenters. The standard InChI is InChI=1S/C22H27N5O2/c1-26(2)8-9-27(3)17-12-16(20-21(25-13-24-20)19(17)22(23)28)14-6-7-18-15(11-14)5-4-10-29-18/h6-7,11-13H,4-5,8-10H2,1-3H3,(H2,23,28)(H,24,25). The Morgan fingerprint density at radius 1 is 1.24 bits per heavy atom. The fourth-order valence-electron chi connectivity index (χ4n) is 3.86. The number of likely N-dealkylation sites (N-methyl/N-ethyl adjacent to an activating group) is 2. The number of primary amides is 1. The number of H-pyrrole nitrogens is 1. The van der Waals surface area contributed by atoms with Gasteiger partial charge in [0.1, 0.15) is 5.75 Å². The van der Waals surface area contributed by atoms with Crippen LogP contribution in [0.4, 0.5) is 5.69 Å². The van der Waals surface area contributed by atoms with Crippen molar-refractivity contribution in [2.75, 3.05) is 45.7 Å². The molecule has 0 atom stereocenters. The number of aryl methyl sites for hydroxylation is 1. The number of benzene rings is 2. The van der Waals surface area contributed by atoms with Crippen LogP contribution in [0.2, 0.25) is 0 Å². The second-order valence-electron chi connectivity index (χ2n) is 7.81. The minimum Gasteiger partial charge on any atom is -0.493 e. The van der Waals surface area contributed by atoms with Crippen LogP contribution >= 0.6 is 0 Å².